The zero-order chi connectivity index (χ0) is 16.7. The molecule has 0 aliphatic rings. The zero-order valence-electron chi connectivity index (χ0n) is 12.2. The van der Waals surface area contributed by atoms with Gasteiger partial charge in [0.05, 0.1) is 19.8 Å². The highest BCUT2D eigenvalue weighted by molar-refractivity contribution is 5.87. The van der Waals surface area contributed by atoms with Gasteiger partial charge in [-0.2, -0.15) is 0 Å². The number of carbonyl (C=O) groups excluding carboxylic acids is 1. The fraction of sp³-hybridized carbons (Fsp3) is 0.769. The third kappa shape index (κ3) is 6.08. The van der Waals surface area contributed by atoms with Crippen molar-refractivity contribution >= 4 is 5.97 Å². The van der Waals surface area contributed by atoms with Crippen LogP contribution in [0.25, 0.3) is 0 Å². The van der Waals surface area contributed by atoms with Gasteiger partial charge < -0.3 is 35.4 Å². The van der Waals surface area contributed by atoms with Crippen molar-refractivity contribution in [2.75, 3.05) is 19.8 Å². The Morgan fingerprint density at radius 1 is 1.14 bits per heavy atom. The Hall–Kier alpha value is -1.03. The molecule has 0 aromatic heterocycles. The first-order valence-corrected chi connectivity index (χ1v) is 6.49. The first-order chi connectivity index (χ1) is 9.65. The minimum absolute atomic E-state index is 0.104. The summed E-state index contributed by atoms with van der Waals surface area (Å²) in [7, 11) is 0. The highest BCUT2D eigenvalue weighted by Crippen LogP contribution is 2.26. The van der Waals surface area contributed by atoms with Crippen LogP contribution in [-0.2, 0) is 9.53 Å². The lowest BCUT2D eigenvalue weighted by Gasteiger charge is -2.31. The van der Waals surface area contributed by atoms with Crippen molar-refractivity contribution in [2.24, 2.45) is 5.41 Å². The second-order valence-electron chi connectivity index (χ2n) is 5.07. The van der Waals surface area contributed by atoms with Gasteiger partial charge in [0.25, 0.3) is 0 Å². The molecule has 0 radical (unpaired) electrons. The maximum absolute atomic E-state index is 11.6. The van der Waals surface area contributed by atoms with Crippen LogP contribution in [0, 0.1) is 5.41 Å². The molecule has 6 N–H and O–H groups in total. The molecule has 1 unspecified atom stereocenters. The van der Waals surface area contributed by atoms with Gasteiger partial charge in [-0.25, -0.2) is 4.79 Å². The van der Waals surface area contributed by atoms with Gasteiger partial charge in [-0.05, 0) is 26.7 Å². The number of aliphatic hydroxyl groups excluding tert-OH is 3. The Bertz CT molecular complexity index is 345. The summed E-state index contributed by atoms with van der Waals surface area (Å²) < 4.78 is 4.79. The Morgan fingerprint density at radius 3 is 1.95 bits per heavy atom. The molecule has 0 rings (SSSR count). The lowest BCUT2D eigenvalue weighted by Crippen LogP contribution is -2.46. The molecule has 0 aromatic carbocycles. The topological polar surface area (TPSA) is 148 Å². The van der Waals surface area contributed by atoms with Crippen LogP contribution in [0.2, 0.25) is 0 Å². The minimum atomic E-state index is -3.27. The molecule has 0 saturated heterocycles. The standard InChI is InChI=1S/C13H24O8/c1-3-9(2)11(17)21-10(13(18,19)20)4-5-12(6-14,7-15)8-16/h3,10,14-16,18-20H,4-8H2,1-2H3. The summed E-state index contributed by atoms with van der Waals surface area (Å²) >= 11 is 0. The smallest absolute Gasteiger partial charge is 0.333 e. The molecule has 21 heavy (non-hydrogen) atoms. The lowest BCUT2D eigenvalue weighted by atomic mass is 9.84. The zero-order valence-corrected chi connectivity index (χ0v) is 12.2. The molecule has 0 amide bonds. The summed E-state index contributed by atoms with van der Waals surface area (Å²) in [5.74, 6) is -4.11. The highest BCUT2D eigenvalue weighted by atomic mass is 16.7. The Kier molecular flexibility index (Phi) is 8.01. The number of esters is 1. The van der Waals surface area contributed by atoms with Gasteiger partial charge in [0.1, 0.15) is 0 Å². The van der Waals surface area contributed by atoms with Crippen molar-refractivity contribution in [3.05, 3.63) is 11.6 Å². The van der Waals surface area contributed by atoms with Gasteiger partial charge in [-0.15, -0.1) is 0 Å². The molecule has 124 valence electrons. The summed E-state index contributed by atoms with van der Waals surface area (Å²) in [6.45, 7) is 1.38. The normalized spacial score (nSPS) is 15.0. The number of rotatable bonds is 9. The van der Waals surface area contributed by atoms with E-state index in [2.05, 4.69) is 0 Å². The molecular weight excluding hydrogens is 284 g/mol. The van der Waals surface area contributed by atoms with E-state index >= 15 is 0 Å². The SMILES string of the molecule is CC=C(C)C(=O)OC(CCC(CO)(CO)CO)C(O)(O)O. The number of carbonyl (C=O) groups is 1. The van der Waals surface area contributed by atoms with E-state index in [-0.39, 0.29) is 18.4 Å². The fourth-order valence-electron chi connectivity index (χ4n) is 1.50. The molecule has 0 saturated carbocycles. The monoisotopic (exact) mass is 308 g/mol. The summed E-state index contributed by atoms with van der Waals surface area (Å²) in [5, 5.41) is 55.2. The summed E-state index contributed by atoms with van der Waals surface area (Å²) in [6.07, 6.45) is -0.628. The minimum Gasteiger partial charge on any atom is -0.450 e. The summed E-state index contributed by atoms with van der Waals surface area (Å²) in [6, 6.07) is 0. The molecule has 0 spiro atoms. The van der Waals surface area contributed by atoms with E-state index in [1.54, 1.807) is 6.92 Å². The maximum Gasteiger partial charge on any atom is 0.333 e. The van der Waals surface area contributed by atoms with Gasteiger partial charge in [0.15, 0.2) is 6.10 Å². The largest absolute Gasteiger partial charge is 0.450 e. The molecular formula is C13H24O8. The van der Waals surface area contributed by atoms with Crippen LogP contribution in [-0.4, -0.2) is 68.5 Å². The van der Waals surface area contributed by atoms with E-state index in [0.717, 1.165) is 0 Å². The van der Waals surface area contributed by atoms with E-state index in [1.807, 2.05) is 0 Å². The van der Waals surface area contributed by atoms with Crippen LogP contribution >= 0.6 is 0 Å². The van der Waals surface area contributed by atoms with Crippen LogP contribution < -0.4 is 0 Å². The molecule has 0 heterocycles. The number of hydrogen-bond donors (Lipinski definition) is 6. The molecule has 8 nitrogen and oxygen atoms in total. The van der Waals surface area contributed by atoms with Crippen LogP contribution in [0.5, 0.6) is 0 Å². The number of ether oxygens (including phenoxy) is 1. The van der Waals surface area contributed by atoms with Gasteiger partial charge in [-0.3, -0.25) is 0 Å². The Balaban J connectivity index is 4.92. The van der Waals surface area contributed by atoms with Crippen LogP contribution in [0.4, 0.5) is 0 Å². The van der Waals surface area contributed by atoms with Crippen molar-refractivity contribution in [1.29, 1.82) is 0 Å². The van der Waals surface area contributed by atoms with Crippen LogP contribution in [0.3, 0.4) is 0 Å². The fourth-order valence-corrected chi connectivity index (χ4v) is 1.50. The van der Waals surface area contributed by atoms with Gasteiger partial charge in [-0.1, -0.05) is 6.08 Å². The molecule has 0 aliphatic heterocycles. The average Bonchev–Trinajstić information content (AvgIpc) is 2.45. The second-order valence-corrected chi connectivity index (χ2v) is 5.07. The van der Waals surface area contributed by atoms with E-state index < -0.39 is 43.3 Å². The van der Waals surface area contributed by atoms with Crippen molar-refractivity contribution < 1.29 is 40.2 Å². The predicted molar refractivity (Wildman–Crippen MR) is 71.6 cm³/mol. The molecule has 0 aliphatic carbocycles. The van der Waals surface area contributed by atoms with E-state index in [4.69, 9.17) is 4.74 Å². The van der Waals surface area contributed by atoms with Crippen molar-refractivity contribution in [1.82, 2.24) is 0 Å². The number of hydrogen-bond acceptors (Lipinski definition) is 8. The van der Waals surface area contributed by atoms with E-state index in [1.165, 1.54) is 13.0 Å². The number of allylic oxidation sites excluding steroid dienone is 1. The van der Waals surface area contributed by atoms with E-state index in [9.17, 15) is 35.4 Å². The first-order valence-electron chi connectivity index (χ1n) is 6.49. The number of aliphatic hydroxyl groups is 6. The summed E-state index contributed by atoms with van der Waals surface area (Å²) in [4.78, 5) is 11.6. The molecule has 1 atom stereocenters. The first kappa shape index (κ1) is 20.0. The van der Waals surface area contributed by atoms with Gasteiger partial charge >= 0.3 is 11.9 Å². The van der Waals surface area contributed by atoms with Gasteiger partial charge in [0.2, 0.25) is 0 Å². The summed E-state index contributed by atoms with van der Waals surface area (Å²) in [5.41, 5.74) is -1.06. The average molecular weight is 308 g/mol. The third-order valence-electron chi connectivity index (χ3n) is 3.38. The predicted octanol–water partition coefficient (Wildman–Crippen LogP) is -1.76. The molecule has 8 heteroatoms. The quantitative estimate of drug-likeness (QED) is 0.167. The maximum atomic E-state index is 11.6. The van der Waals surface area contributed by atoms with Crippen LogP contribution in [0.15, 0.2) is 11.6 Å². The molecule has 0 aromatic rings. The molecule has 0 fully saturated rings. The second kappa shape index (κ2) is 8.42. The van der Waals surface area contributed by atoms with Crippen LogP contribution in [0.1, 0.15) is 26.7 Å². The third-order valence-corrected chi connectivity index (χ3v) is 3.38. The van der Waals surface area contributed by atoms with Crippen molar-refractivity contribution in [3.63, 3.8) is 0 Å². The highest BCUT2D eigenvalue weighted by Gasteiger charge is 2.39. The Morgan fingerprint density at radius 2 is 1.62 bits per heavy atom. The van der Waals surface area contributed by atoms with E-state index in [0.29, 0.717) is 0 Å². The molecule has 0 bridgehead atoms. The van der Waals surface area contributed by atoms with Crippen molar-refractivity contribution in [2.45, 2.75) is 38.8 Å². The Labute approximate surface area is 122 Å². The lowest BCUT2D eigenvalue weighted by molar-refractivity contribution is -0.357. The van der Waals surface area contributed by atoms with Gasteiger partial charge in [0, 0.05) is 11.0 Å². The van der Waals surface area contributed by atoms with Crippen molar-refractivity contribution in [3.8, 4) is 0 Å².